The van der Waals surface area contributed by atoms with E-state index in [-0.39, 0.29) is 13.0 Å². The molecule has 0 saturated heterocycles. The molecule has 0 atom stereocenters. The molecule has 0 aliphatic heterocycles. The van der Waals surface area contributed by atoms with Crippen molar-refractivity contribution in [3.63, 3.8) is 0 Å². The number of carbonyl (C=O) groups is 1. The van der Waals surface area contributed by atoms with E-state index >= 15 is 0 Å². The van der Waals surface area contributed by atoms with Crippen molar-refractivity contribution in [1.82, 2.24) is 9.38 Å². The van der Waals surface area contributed by atoms with Crippen molar-refractivity contribution < 1.29 is 19.5 Å². The number of hydrogen-bond donors (Lipinski definition) is 1. The Morgan fingerprint density at radius 3 is 2.48 bits per heavy atom. The Balaban J connectivity index is 1.33. The Kier molecular flexibility index (Phi) is 7.22. The quantitative estimate of drug-likeness (QED) is 0.194. The molecule has 1 N–H and O–H groups in total. The molecule has 0 amide bonds. The summed E-state index contributed by atoms with van der Waals surface area (Å²) >= 11 is 6.17. The van der Waals surface area contributed by atoms with Crippen LogP contribution < -0.4 is 4.74 Å². The molecule has 2 aromatic heterocycles. The van der Waals surface area contributed by atoms with Crippen LogP contribution in [0.25, 0.3) is 5.65 Å². The van der Waals surface area contributed by atoms with Gasteiger partial charge >= 0.3 is 5.97 Å². The molecule has 0 fully saturated rings. The fourth-order valence-corrected chi connectivity index (χ4v) is 3.43. The normalized spacial score (nSPS) is 11.5. The summed E-state index contributed by atoms with van der Waals surface area (Å²) in [7, 11) is 0. The van der Waals surface area contributed by atoms with Gasteiger partial charge in [-0.3, -0.25) is 9.20 Å². The molecule has 4 rings (SSSR count). The lowest BCUT2D eigenvalue weighted by Crippen LogP contribution is -2.06. The molecule has 7 nitrogen and oxygen atoms in total. The number of imidazole rings is 1. The van der Waals surface area contributed by atoms with Crippen LogP contribution in [0, 0.1) is 0 Å². The van der Waals surface area contributed by atoms with Gasteiger partial charge in [-0.05, 0) is 35.4 Å². The van der Waals surface area contributed by atoms with E-state index in [1.807, 2.05) is 72.9 Å². The predicted octanol–water partition coefficient (Wildman–Crippen LogP) is 5.35. The summed E-state index contributed by atoms with van der Waals surface area (Å²) in [6.45, 7) is 0.580. The summed E-state index contributed by atoms with van der Waals surface area (Å²) in [5.41, 5.74) is 3.91. The zero-order chi connectivity index (χ0) is 23.0. The third-order valence-corrected chi connectivity index (χ3v) is 5.20. The number of oxime groups is 1. The molecule has 2 heterocycles. The molecule has 33 heavy (non-hydrogen) atoms. The van der Waals surface area contributed by atoms with Crippen molar-refractivity contribution >= 4 is 28.9 Å². The standard InChI is InChI=1S/C25H22ClN3O4/c26-23-7-4-8-24-27-20(15-29(23)24)17-32-21-11-9-18(10-12-21)16-33-28-22(13-14-25(30)31)19-5-2-1-3-6-19/h1-12,15H,13-14,16-17H2,(H,30,31)/b28-22-. The number of aliphatic carboxylic acids is 1. The highest BCUT2D eigenvalue weighted by molar-refractivity contribution is 6.29. The fourth-order valence-electron chi connectivity index (χ4n) is 3.22. The van der Waals surface area contributed by atoms with Crippen LogP contribution in [0.3, 0.4) is 0 Å². The number of halogens is 1. The smallest absolute Gasteiger partial charge is 0.303 e. The van der Waals surface area contributed by atoms with Crippen LogP contribution in [-0.2, 0) is 22.8 Å². The molecule has 0 bridgehead atoms. The number of aromatic nitrogens is 2. The van der Waals surface area contributed by atoms with Crippen LogP contribution in [0.4, 0.5) is 0 Å². The van der Waals surface area contributed by atoms with Gasteiger partial charge in [-0.25, -0.2) is 4.98 Å². The summed E-state index contributed by atoms with van der Waals surface area (Å²) in [6.07, 6.45) is 2.13. The van der Waals surface area contributed by atoms with Gasteiger partial charge in [0.1, 0.15) is 29.8 Å². The van der Waals surface area contributed by atoms with E-state index in [4.69, 9.17) is 26.3 Å². The summed E-state index contributed by atoms with van der Waals surface area (Å²) in [5, 5.41) is 13.8. The van der Waals surface area contributed by atoms with E-state index in [2.05, 4.69) is 10.1 Å². The van der Waals surface area contributed by atoms with Crippen LogP contribution >= 0.6 is 11.6 Å². The fraction of sp³-hybridized carbons (Fsp3) is 0.160. The number of hydrogen-bond acceptors (Lipinski definition) is 5. The van der Waals surface area contributed by atoms with Crippen LogP contribution in [0.2, 0.25) is 5.15 Å². The van der Waals surface area contributed by atoms with Gasteiger partial charge in [0.15, 0.2) is 0 Å². The average molecular weight is 464 g/mol. The zero-order valence-corrected chi connectivity index (χ0v) is 18.5. The number of ether oxygens (including phenoxy) is 1. The molecule has 168 valence electrons. The lowest BCUT2D eigenvalue weighted by Gasteiger charge is -2.07. The second-order valence-corrected chi connectivity index (χ2v) is 7.70. The molecule has 0 saturated carbocycles. The van der Waals surface area contributed by atoms with Gasteiger partial charge in [0.2, 0.25) is 0 Å². The van der Waals surface area contributed by atoms with Gasteiger partial charge in [-0.1, -0.05) is 65.3 Å². The number of carboxylic acids is 1. The number of carboxylic acid groups (broad SMARTS) is 1. The Bertz CT molecular complexity index is 1250. The summed E-state index contributed by atoms with van der Waals surface area (Å²) in [4.78, 5) is 21.0. The number of rotatable bonds is 10. The van der Waals surface area contributed by atoms with E-state index in [0.29, 0.717) is 29.6 Å². The highest BCUT2D eigenvalue weighted by atomic mass is 35.5. The minimum absolute atomic E-state index is 0.0123. The number of pyridine rings is 1. The van der Waals surface area contributed by atoms with Gasteiger partial charge in [0.25, 0.3) is 0 Å². The Hall–Kier alpha value is -3.84. The number of fused-ring (bicyclic) bond motifs is 1. The molecule has 0 unspecified atom stereocenters. The second-order valence-electron chi connectivity index (χ2n) is 7.31. The van der Waals surface area contributed by atoms with Gasteiger partial charge in [0, 0.05) is 12.6 Å². The first-order chi connectivity index (χ1) is 16.1. The minimum Gasteiger partial charge on any atom is -0.487 e. The SMILES string of the molecule is O=C(O)CC/C(=N/OCc1ccc(OCc2cn3c(Cl)cccc3n2)cc1)c1ccccc1. The third-order valence-electron chi connectivity index (χ3n) is 4.89. The highest BCUT2D eigenvalue weighted by Gasteiger charge is 2.08. The van der Waals surface area contributed by atoms with E-state index in [0.717, 1.165) is 22.5 Å². The summed E-state index contributed by atoms with van der Waals surface area (Å²) in [5.74, 6) is -0.169. The number of nitrogens with zero attached hydrogens (tertiary/aromatic N) is 3. The monoisotopic (exact) mass is 463 g/mol. The van der Waals surface area contributed by atoms with Crippen molar-refractivity contribution in [2.75, 3.05) is 0 Å². The van der Waals surface area contributed by atoms with Gasteiger partial charge in [0.05, 0.1) is 17.8 Å². The second kappa shape index (κ2) is 10.7. The first kappa shape index (κ1) is 22.4. The van der Waals surface area contributed by atoms with Gasteiger partial charge < -0.3 is 14.7 Å². The van der Waals surface area contributed by atoms with Gasteiger partial charge in [-0.2, -0.15) is 0 Å². The molecule has 0 radical (unpaired) electrons. The zero-order valence-electron chi connectivity index (χ0n) is 17.7. The average Bonchev–Trinajstić information content (AvgIpc) is 3.26. The third kappa shape index (κ3) is 6.11. The van der Waals surface area contributed by atoms with E-state index in [1.54, 1.807) is 10.5 Å². The lowest BCUT2D eigenvalue weighted by molar-refractivity contribution is -0.136. The Labute approximate surface area is 195 Å². The Morgan fingerprint density at radius 2 is 1.76 bits per heavy atom. The molecule has 8 heteroatoms. The minimum atomic E-state index is -0.874. The molecule has 2 aromatic carbocycles. The number of benzene rings is 2. The Morgan fingerprint density at radius 1 is 0.970 bits per heavy atom. The molecule has 4 aromatic rings. The van der Waals surface area contributed by atoms with Crippen molar-refractivity contribution in [3.8, 4) is 5.75 Å². The van der Waals surface area contributed by atoms with E-state index < -0.39 is 5.97 Å². The highest BCUT2D eigenvalue weighted by Crippen LogP contribution is 2.17. The lowest BCUT2D eigenvalue weighted by atomic mass is 10.1. The van der Waals surface area contributed by atoms with E-state index in [1.165, 1.54) is 0 Å². The van der Waals surface area contributed by atoms with Crippen molar-refractivity contribution in [2.24, 2.45) is 5.16 Å². The van der Waals surface area contributed by atoms with Crippen molar-refractivity contribution in [3.05, 3.63) is 101 Å². The maximum Gasteiger partial charge on any atom is 0.303 e. The topological polar surface area (TPSA) is 85.4 Å². The molecule has 0 aliphatic carbocycles. The van der Waals surface area contributed by atoms with Crippen LogP contribution in [0.15, 0.2) is 84.1 Å². The van der Waals surface area contributed by atoms with Crippen molar-refractivity contribution in [2.45, 2.75) is 26.1 Å². The molecule has 0 spiro atoms. The molecule has 0 aliphatic rings. The first-order valence-electron chi connectivity index (χ1n) is 10.4. The van der Waals surface area contributed by atoms with Gasteiger partial charge in [-0.15, -0.1) is 0 Å². The van der Waals surface area contributed by atoms with Crippen LogP contribution in [0.5, 0.6) is 5.75 Å². The maximum atomic E-state index is 10.9. The molecular weight excluding hydrogens is 442 g/mol. The summed E-state index contributed by atoms with van der Waals surface area (Å²) in [6, 6.07) is 22.5. The van der Waals surface area contributed by atoms with Crippen LogP contribution in [0.1, 0.15) is 29.7 Å². The predicted molar refractivity (Wildman–Crippen MR) is 126 cm³/mol. The maximum absolute atomic E-state index is 10.9. The van der Waals surface area contributed by atoms with E-state index in [9.17, 15) is 4.79 Å². The largest absolute Gasteiger partial charge is 0.487 e. The summed E-state index contributed by atoms with van der Waals surface area (Å²) < 4.78 is 7.64. The van der Waals surface area contributed by atoms with Crippen molar-refractivity contribution in [1.29, 1.82) is 0 Å². The first-order valence-corrected chi connectivity index (χ1v) is 10.8. The van der Waals surface area contributed by atoms with Crippen LogP contribution in [-0.4, -0.2) is 26.2 Å². The molecular formula is C25H22ClN3O4.